The highest BCUT2D eigenvalue weighted by Crippen LogP contribution is 2.30. The molecule has 242 valence electrons. The second kappa shape index (κ2) is 15.6. The summed E-state index contributed by atoms with van der Waals surface area (Å²) in [5.41, 5.74) is -0.529. The smallest absolute Gasteiger partial charge is 0.315 e. The van der Waals surface area contributed by atoms with Crippen LogP contribution in [0.1, 0.15) is 92.6 Å². The number of urea groups is 1. The maximum absolute atomic E-state index is 13.3. The summed E-state index contributed by atoms with van der Waals surface area (Å²) < 4.78 is 14.9. The molecule has 1 aromatic carbocycles. The lowest BCUT2D eigenvalue weighted by atomic mass is 9.86. The van der Waals surface area contributed by atoms with Crippen molar-refractivity contribution < 1.29 is 18.9 Å². The minimum atomic E-state index is -1.27. The molecule has 6 atom stereocenters. The summed E-state index contributed by atoms with van der Waals surface area (Å²) in [5, 5.41) is 20.6. The molecule has 2 aliphatic heterocycles. The van der Waals surface area contributed by atoms with E-state index in [2.05, 4.69) is 48.9 Å². The number of likely N-dealkylation sites (tertiary alicyclic amines) is 1. The molecule has 6 unspecified atom stereocenters. The molecule has 0 radical (unpaired) electrons. The van der Waals surface area contributed by atoms with Gasteiger partial charge in [-0.1, -0.05) is 77.8 Å². The fourth-order valence-corrected chi connectivity index (χ4v) is 7.23. The number of hydrogen-bond donors (Lipinski definition) is 4. The zero-order valence-corrected chi connectivity index (χ0v) is 28.1. The summed E-state index contributed by atoms with van der Waals surface area (Å²) in [6.07, 6.45) is 10.6. The van der Waals surface area contributed by atoms with Crippen LogP contribution in [0.5, 0.6) is 0 Å². The summed E-state index contributed by atoms with van der Waals surface area (Å²) in [6.45, 7) is 15.6. The number of nitrogens with zero attached hydrogens (tertiary/aromatic N) is 2. The van der Waals surface area contributed by atoms with Crippen molar-refractivity contribution in [2.45, 2.75) is 122 Å². The van der Waals surface area contributed by atoms with Crippen LogP contribution in [-0.4, -0.2) is 73.9 Å². The Morgan fingerprint density at radius 1 is 1.16 bits per heavy atom. The highest BCUT2D eigenvalue weighted by molar-refractivity contribution is 7.83. The van der Waals surface area contributed by atoms with Gasteiger partial charge < -0.3 is 20.6 Å². The largest absolute Gasteiger partial charge is 0.374 e. The Kier molecular flexibility index (Phi) is 12.8. The number of hydrogen-bond acceptors (Lipinski definition) is 5. The standard InChI is InChI=1S/C33H55N5O4S/c1-8-9-10-11-12-16-24(2)25(3)36-33(7,41)29-19-15-20-38(29)30(39)21-34-31(40)35-28(32(4,5)6)23-37-22-26-17-13-14-18-27(26)43(37)42/h12-14,16-18,24-25,28-29,36,41H,8-11,15,19-23H2,1-7H3,(H2,34,35,40)/b16-12-. The summed E-state index contributed by atoms with van der Waals surface area (Å²) in [6, 6.07) is 6.60. The van der Waals surface area contributed by atoms with Gasteiger partial charge in [-0.05, 0) is 62.5 Å². The monoisotopic (exact) mass is 617 g/mol. The predicted molar refractivity (Wildman–Crippen MR) is 173 cm³/mol. The highest BCUT2D eigenvalue weighted by Gasteiger charge is 2.42. The minimum absolute atomic E-state index is 0.0194. The maximum atomic E-state index is 13.3. The van der Waals surface area contributed by atoms with E-state index in [1.807, 2.05) is 49.3 Å². The van der Waals surface area contributed by atoms with E-state index in [1.54, 1.807) is 11.8 Å². The van der Waals surface area contributed by atoms with Crippen molar-refractivity contribution in [3.8, 4) is 0 Å². The van der Waals surface area contributed by atoms with Crippen LogP contribution < -0.4 is 16.0 Å². The van der Waals surface area contributed by atoms with E-state index in [-0.39, 0.29) is 41.9 Å². The lowest BCUT2D eigenvalue weighted by Gasteiger charge is -2.40. The zero-order valence-electron chi connectivity index (χ0n) is 27.3. The van der Waals surface area contributed by atoms with E-state index in [4.69, 9.17) is 0 Å². The fourth-order valence-electron chi connectivity index (χ4n) is 5.86. The van der Waals surface area contributed by atoms with Gasteiger partial charge in [0.25, 0.3) is 0 Å². The maximum Gasteiger partial charge on any atom is 0.315 e. The van der Waals surface area contributed by atoms with Crippen molar-refractivity contribution in [1.29, 1.82) is 0 Å². The molecule has 0 bridgehead atoms. The van der Waals surface area contributed by atoms with E-state index in [0.717, 1.165) is 23.3 Å². The van der Waals surface area contributed by atoms with E-state index >= 15 is 0 Å². The van der Waals surface area contributed by atoms with Crippen molar-refractivity contribution in [3.63, 3.8) is 0 Å². The normalized spacial score (nSPS) is 22.7. The quantitative estimate of drug-likeness (QED) is 0.137. The number of fused-ring (bicyclic) bond motifs is 1. The summed E-state index contributed by atoms with van der Waals surface area (Å²) >= 11 is 0. The molecule has 4 N–H and O–H groups in total. The average Bonchev–Trinajstić information content (AvgIpc) is 3.56. The first-order valence-electron chi connectivity index (χ1n) is 16.0. The first-order chi connectivity index (χ1) is 20.2. The van der Waals surface area contributed by atoms with Crippen LogP contribution in [0.25, 0.3) is 0 Å². The Balaban J connectivity index is 1.52. The van der Waals surface area contributed by atoms with Crippen molar-refractivity contribution in [2.75, 3.05) is 19.6 Å². The number of nitrogens with one attached hydrogen (secondary N) is 3. The molecular weight excluding hydrogens is 562 g/mol. The minimum Gasteiger partial charge on any atom is -0.374 e. The molecule has 3 amide bonds. The average molecular weight is 618 g/mol. The van der Waals surface area contributed by atoms with Crippen LogP contribution in [0.4, 0.5) is 4.79 Å². The van der Waals surface area contributed by atoms with Gasteiger partial charge in [0.05, 0.1) is 17.5 Å². The van der Waals surface area contributed by atoms with Gasteiger partial charge in [-0.15, -0.1) is 0 Å². The first kappa shape index (κ1) is 35.2. The lowest BCUT2D eigenvalue weighted by molar-refractivity contribution is -0.138. The number of allylic oxidation sites excluding steroid dienone is 1. The van der Waals surface area contributed by atoms with Crippen LogP contribution >= 0.6 is 0 Å². The van der Waals surface area contributed by atoms with Crippen molar-refractivity contribution in [2.24, 2.45) is 11.3 Å². The Bertz CT molecular complexity index is 1130. The van der Waals surface area contributed by atoms with Crippen LogP contribution in [0, 0.1) is 11.3 Å². The van der Waals surface area contributed by atoms with E-state index in [9.17, 15) is 18.9 Å². The second-order valence-corrected chi connectivity index (χ2v) is 15.0. The van der Waals surface area contributed by atoms with Gasteiger partial charge in [0.1, 0.15) is 16.7 Å². The van der Waals surface area contributed by atoms with Crippen LogP contribution in [0.15, 0.2) is 41.3 Å². The van der Waals surface area contributed by atoms with Crippen molar-refractivity contribution in [1.82, 2.24) is 25.2 Å². The molecular formula is C33H55N5O4S. The third-order valence-electron chi connectivity index (χ3n) is 8.82. The van der Waals surface area contributed by atoms with Gasteiger partial charge in [0.2, 0.25) is 5.91 Å². The molecule has 9 nitrogen and oxygen atoms in total. The molecule has 2 aliphatic rings. The number of carbonyl (C=O) groups is 2. The lowest BCUT2D eigenvalue weighted by Crippen LogP contribution is -2.62. The summed E-state index contributed by atoms with van der Waals surface area (Å²) in [4.78, 5) is 28.8. The molecule has 0 spiro atoms. The van der Waals surface area contributed by atoms with Crippen molar-refractivity contribution >= 4 is 22.9 Å². The molecule has 0 aromatic heterocycles. The van der Waals surface area contributed by atoms with Gasteiger partial charge in [-0.2, -0.15) is 0 Å². The molecule has 3 rings (SSSR count). The highest BCUT2D eigenvalue weighted by atomic mass is 32.2. The third-order valence-corrected chi connectivity index (χ3v) is 10.3. The molecule has 1 fully saturated rings. The predicted octanol–water partition coefficient (Wildman–Crippen LogP) is 4.69. The molecule has 0 aliphatic carbocycles. The Morgan fingerprint density at radius 3 is 2.56 bits per heavy atom. The van der Waals surface area contributed by atoms with Crippen LogP contribution in [0.3, 0.4) is 0 Å². The number of aliphatic hydroxyl groups is 1. The second-order valence-electron chi connectivity index (χ2n) is 13.5. The third kappa shape index (κ3) is 9.86. The number of benzene rings is 1. The molecule has 10 heteroatoms. The number of amides is 3. The summed E-state index contributed by atoms with van der Waals surface area (Å²) in [7, 11) is -1.27. The van der Waals surface area contributed by atoms with Crippen molar-refractivity contribution in [3.05, 3.63) is 42.0 Å². The molecule has 2 heterocycles. The number of unbranched alkanes of at least 4 members (excludes halogenated alkanes) is 3. The Morgan fingerprint density at radius 2 is 1.88 bits per heavy atom. The molecule has 1 aromatic rings. The first-order valence-corrected chi connectivity index (χ1v) is 17.1. The van der Waals surface area contributed by atoms with Crippen LogP contribution in [-0.2, 0) is 22.3 Å². The van der Waals surface area contributed by atoms with Crippen LogP contribution in [0.2, 0.25) is 0 Å². The number of carbonyl (C=O) groups excluding carboxylic acids is 2. The molecule has 1 saturated heterocycles. The topological polar surface area (TPSA) is 114 Å². The van der Waals surface area contributed by atoms with Gasteiger partial charge in [0, 0.05) is 31.7 Å². The molecule has 0 saturated carbocycles. The van der Waals surface area contributed by atoms with Gasteiger partial charge >= 0.3 is 6.03 Å². The van der Waals surface area contributed by atoms with Gasteiger partial charge in [0.15, 0.2) is 0 Å². The SMILES string of the molecule is CCCCC/C=C\C(C)C(C)NC(C)(O)C1CCCN1C(=O)CNC(=O)NC(CN1Cc2ccccc2S1=O)C(C)(C)C. The fraction of sp³-hybridized carbons (Fsp3) is 0.697. The van der Waals surface area contributed by atoms with Gasteiger partial charge in [-0.25, -0.2) is 13.3 Å². The Hall–Kier alpha value is -2.27. The summed E-state index contributed by atoms with van der Waals surface area (Å²) in [5.74, 6) is 0.00610. The molecule has 43 heavy (non-hydrogen) atoms. The van der Waals surface area contributed by atoms with E-state index in [0.29, 0.717) is 26.1 Å². The van der Waals surface area contributed by atoms with E-state index in [1.165, 1.54) is 19.3 Å². The Labute approximate surface area is 261 Å². The van der Waals surface area contributed by atoms with Gasteiger partial charge in [-0.3, -0.25) is 10.1 Å². The van der Waals surface area contributed by atoms with E-state index < -0.39 is 22.7 Å². The zero-order chi connectivity index (χ0) is 31.8. The number of rotatable bonds is 14.